The summed E-state index contributed by atoms with van der Waals surface area (Å²) < 4.78 is 68.4. The third-order valence-electron chi connectivity index (χ3n) is 7.36. The van der Waals surface area contributed by atoms with E-state index in [1.165, 1.54) is 32.4 Å². The van der Waals surface area contributed by atoms with E-state index in [1.54, 1.807) is 24.3 Å². The molecule has 0 fully saturated rings. The van der Waals surface area contributed by atoms with E-state index in [2.05, 4.69) is 20.5 Å². The topological polar surface area (TPSA) is 152 Å². The second-order valence-corrected chi connectivity index (χ2v) is 10.1. The van der Waals surface area contributed by atoms with Gasteiger partial charge in [-0.2, -0.15) is 18.3 Å². The van der Waals surface area contributed by atoms with Crippen molar-refractivity contribution in [3.63, 3.8) is 0 Å². The highest BCUT2D eigenvalue weighted by molar-refractivity contribution is 5.99. The summed E-state index contributed by atoms with van der Waals surface area (Å²) in [6.45, 7) is -0.278. The molecule has 0 radical (unpaired) electrons. The minimum Gasteiger partial charge on any atom is -0.497 e. The average molecular weight is 600 g/mol. The minimum absolute atomic E-state index is 0.0356. The molecule has 3 heterocycles. The first-order valence-corrected chi connectivity index (χ1v) is 12.8. The number of rotatable bonds is 8. The Balaban J connectivity index is 1.56. The summed E-state index contributed by atoms with van der Waals surface area (Å²) in [7, 11) is 1.45. The number of pyridine rings is 1. The zero-order valence-corrected chi connectivity index (χ0v) is 22.8. The molecule has 0 spiro atoms. The van der Waals surface area contributed by atoms with Crippen molar-refractivity contribution in [2.45, 2.75) is 24.1 Å². The first-order valence-electron chi connectivity index (χ1n) is 12.8. The Bertz CT molecular complexity index is 1710. The van der Waals surface area contributed by atoms with Gasteiger partial charge < -0.3 is 25.6 Å². The SMILES string of the molecule is COc1cccc(-c2n[nH]cc2C(=O)NCC(O)(c2cc3c(c(-c4ccc(F)cc4)n2)OC[C@]3(C)C(N)=O)C(F)(F)F)c1. The van der Waals surface area contributed by atoms with Gasteiger partial charge >= 0.3 is 6.18 Å². The number of primary amides is 1. The van der Waals surface area contributed by atoms with Gasteiger partial charge in [0.1, 0.15) is 40.7 Å². The van der Waals surface area contributed by atoms with Crippen LogP contribution in [-0.4, -0.2) is 58.5 Å². The molecule has 43 heavy (non-hydrogen) atoms. The van der Waals surface area contributed by atoms with Crippen LogP contribution in [-0.2, 0) is 15.8 Å². The second-order valence-electron chi connectivity index (χ2n) is 10.1. The number of carbonyl (C=O) groups excluding carboxylic acids is 2. The molecule has 224 valence electrons. The number of ether oxygens (including phenoxy) is 2. The van der Waals surface area contributed by atoms with Crippen LogP contribution in [0.4, 0.5) is 17.6 Å². The molecule has 1 aliphatic heterocycles. The molecular weight excluding hydrogens is 574 g/mol. The molecule has 0 saturated carbocycles. The quantitative estimate of drug-likeness (QED) is 0.226. The zero-order chi connectivity index (χ0) is 31.2. The number of alkyl halides is 3. The molecule has 1 unspecified atom stereocenters. The minimum atomic E-state index is -5.36. The maximum atomic E-state index is 14.7. The first kappa shape index (κ1) is 29.5. The number of aliphatic hydroxyl groups is 1. The lowest BCUT2D eigenvalue weighted by molar-refractivity contribution is -0.265. The van der Waals surface area contributed by atoms with Gasteiger partial charge in [-0.3, -0.25) is 14.7 Å². The molecule has 10 nitrogen and oxygen atoms in total. The van der Waals surface area contributed by atoms with Crippen LogP contribution in [0.3, 0.4) is 0 Å². The maximum absolute atomic E-state index is 14.7. The van der Waals surface area contributed by atoms with Gasteiger partial charge in [-0.15, -0.1) is 0 Å². The number of hydrogen-bond acceptors (Lipinski definition) is 7. The van der Waals surface area contributed by atoms with E-state index in [4.69, 9.17) is 15.2 Å². The van der Waals surface area contributed by atoms with Crippen LogP contribution < -0.4 is 20.5 Å². The number of aromatic nitrogens is 3. The summed E-state index contributed by atoms with van der Waals surface area (Å²) in [4.78, 5) is 29.6. The van der Waals surface area contributed by atoms with Crippen LogP contribution in [0.5, 0.6) is 11.5 Å². The Morgan fingerprint density at radius 3 is 2.51 bits per heavy atom. The van der Waals surface area contributed by atoms with Gasteiger partial charge in [-0.05, 0) is 49.4 Å². The number of amides is 2. The molecule has 14 heteroatoms. The van der Waals surface area contributed by atoms with Crippen molar-refractivity contribution in [3.05, 3.63) is 83.4 Å². The van der Waals surface area contributed by atoms with E-state index in [-0.39, 0.29) is 40.4 Å². The fourth-order valence-corrected chi connectivity index (χ4v) is 4.70. The van der Waals surface area contributed by atoms with Crippen LogP contribution in [0.25, 0.3) is 22.5 Å². The number of nitrogens with two attached hydrogens (primary N) is 1. The Kier molecular flexibility index (Phi) is 7.34. The highest BCUT2D eigenvalue weighted by Gasteiger charge is 2.57. The van der Waals surface area contributed by atoms with Crippen molar-refractivity contribution in [3.8, 4) is 34.0 Å². The summed E-state index contributed by atoms with van der Waals surface area (Å²) >= 11 is 0. The van der Waals surface area contributed by atoms with E-state index in [1.807, 2.05) is 0 Å². The van der Waals surface area contributed by atoms with Gasteiger partial charge in [0.2, 0.25) is 11.5 Å². The van der Waals surface area contributed by atoms with Gasteiger partial charge in [-0.1, -0.05) is 12.1 Å². The number of H-pyrrole nitrogens is 1. The summed E-state index contributed by atoms with van der Waals surface area (Å²) in [5, 5.41) is 19.9. The van der Waals surface area contributed by atoms with Gasteiger partial charge in [0.05, 0.1) is 24.9 Å². The van der Waals surface area contributed by atoms with Crippen molar-refractivity contribution < 1.29 is 41.7 Å². The number of aromatic amines is 1. The lowest BCUT2D eigenvalue weighted by Crippen LogP contribution is -2.51. The van der Waals surface area contributed by atoms with Crippen LogP contribution in [0.15, 0.2) is 60.8 Å². The van der Waals surface area contributed by atoms with Crippen LogP contribution in [0.2, 0.25) is 0 Å². The number of hydrogen-bond donors (Lipinski definition) is 4. The van der Waals surface area contributed by atoms with Crippen LogP contribution in [0.1, 0.15) is 28.5 Å². The monoisotopic (exact) mass is 599 g/mol. The summed E-state index contributed by atoms with van der Waals surface area (Å²) in [5.41, 5.74) is -0.241. The van der Waals surface area contributed by atoms with E-state index in [9.17, 15) is 32.3 Å². The van der Waals surface area contributed by atoms with Crippen molar-refractivity contribution in [2.24, 2.45) is 5.73 Å². The molecule has 4 aromatic rings. The summed E-state index contributed by atoms with van der Waals surface area (Å²) in [6.07, 6.45) is -4.16. The van der Waals surface area contributed by atoms with Crippen molar-refractivity contribution >= 4 is 11.8 Å². The lowest BCUT2D eigenvalue weighted by atomic mass is 9.81. The highest BCUT2D eigenvalue weighted by atomic mass is 19.4. The number of benzene rings is 2. The zero-order valence-electron chi connectivity index (χ0n) is 22.8. The van der Waals surface area contributed by atoms with Crippen molar-refractivity contribution in [1.29, 1.82) is 0 Å². The second kappa shape index (κ2) is 10.7. The van der Waals surface area contributed by atoms with Crippen molar-refractivity contribution in [2.75, 3.05) is 20.3 Å². The maximum Gasteiger partial charge on any atom is 0.424 e. The smallest absolute Gasteiger partial charge is 0.424 e. The molecule has 2 aromatic heterocycles. The average Bonchev–Trinajstić information content (AvgIpc) is 3.61. The Hall–Kier alpha value is -4.98. The number of nitrogens with zero attached hydrogens (tertiary/aromatic N) is 2. The molecule has 5 rings (SSSR count). The molecule has 0 saturated heterocycles. The predicted molar refractivity (Wildman–Crippen MR) is 145 cm³/mol. The van der Waals surface area contributed by atoms with Gasteiger partial charge in [0.15, 0.2) is 0 Å². The first-order chi connectivity index (χ1) is 20.3. The Morgan fingerprint density at radius 2 is 1.86 bits per heavy atom. The standard InChI is InChI=1S/C29H25F4N5O5/c1-27(26(34)40)14-43-24-20(27)11-21(37-23(24)15-6-8-17(30)9-7-15)28(41,29(31,32)33)13-35-25(39)19-12-36-38-22(19)16-4-3-5-18(10-16)42-2/h3-12,41H,13-14H2,1-2H3,(H2,34,40)(H,35,39)(H,36,38)/t27-,28?/m0/s1. The van der Waals surface area contributed by atoms with Gasteiger partial charge in [0.25, 0.3) is 5.91 Å². The lowest BCUT2D eigenvalue weighted by Gasteiger charge is -2.31. The molecule has 0 aliphatic carbocycles. The predicted octanol–water partition coefficient (Wildman–Crippen LogP) is 3.60. The molecule has 0 bridgehead atoms. The number of halogens is 4. The largest absolute Gasteiger partial charge is 0.497 e. The summed E-state index contributed by atoms with van der Waals surface area (Å²) in [5.74, 6) is -2.04. The van der Waals surface area contributed by atoms with E-state index >= 15 is 0 Å². The fraction of sp³-hybridized carbons (Fsp3) is 0.241. The number of carbonyl (C=O) groups is 2. The van der Waals surface area contributed by atoms with Crippen LogP contribution in [0, 0.1) is 5.82 Å². The third-order valence-corrected chi connectivity index (χ3v) is 7.36. The third kappa shape index (κ3) is 5.14. The normalized spacial score (nSPS) is 17.5. The number of methoxy groups -OCH3 is 1. The molecule has 2 atom stereocenters. The van der Waals surface area contributed by atoms with Crippen molar-refractivity contribution in [1.82, 2.24) is 20.5 Å². The Labute approximate surface area is 241 Å². The molecule has 1 aliphatic rings. The summed E-state index contributed by atoms with van der Waals surface area (Å²) in [6, 6.07) is 12.1. The van der Waals surface area contributed by atoms with Crippen LogP contribution >= 0.6 is 0 Å². The Morgan fingerprint density at radius 1 is 1.14 bits per heavy atom. The molecule has 2 aromatic carbocycles. The number of fused-ring (bicyclic) bond motifs is 1. The van der Waals surface area contributed by atoms with E-state index in [0.717, 1.165) is 18.2 Å². The van der Waals surface area contributed by atoms with E-state index < -0.39 is 47.1 Å². The van der Waals surface area contributed by atoms with E-state index in [0.29, 0.717) is 11.3 Å². The van der Waals surface area contributed by atoms with Gasteiger partial charge in [0, 0.05) is 22.9 Å². The molecule has 5 N–H and O–H groups in total. The number of nitrogens with one attached hydrogen (secondary N) is 2. The molecular formula is C29H25F4N5O5. The highest BCUT2D eigenvalue weighted by Crippen LogP contribution is 2.47. The fourth-order valence-electron chi connectivity index (χ4n) is 4.70. The van der Waals surface area contributed by atoms with Gasteiger partial charge in [-0.25, -0.2) is 9.37 Å². The molecule has 2 amide bonds.